The average Bonchev–Trinajstić information content (AvgIpc) is 2.41. The van der Waals surface area contributed by atoms with Crippen LogP contribution in [0.4, 0.5) is 11.4 Å². The smallest absolute Gasteiger partial charge is 0.300 e. The van der Waals surface area contributed by atoms with E-state index in [4.69, 9.17) is 23.2 Å². The lowest BCUT2D eigenvalue weighted by molar-refractivity contribution is -0.385. The summed E-state index contributed by atoms with van der Waals surface area (Å²) in [6.07, 6.45) is 0. The van der Waals surface area contributed by atoms with E-state index >= 15 is 0 Å². The third-order valence-electron chi connectivity index (χ3n) is 2.59. The normalized spacial score (nSPS) is 10.2. The van der Waals surface area contributed by atoms with Crippen molar-refractivity contribution in [3.8, 4) is 0 Å². The molecule has 2 aromatic carbocycles. The number of amides is 1. The summed E-state index contributed by atoms with van der Waals surface area (Å²) in [6, 6.07) is 8.94. The number of nitrogens with one attached hydrogen (secondary N) is 1. The molecular weight excluding hydrogens is 383 g/mol. The van der Waals surface area contributed by atoms with E-state index in [1.165, 1.54) is 18.2 Å². The zero-order valence-electron chi connectivity index (χ0n) is 10.3. The monoisotopic (exact) mass is 388 g/mol. The van der Waals surface area contributed by atoms with Crippen molar-refractivity contribution in [1.82, 2.24) is 0 Å². The van der Waals surface area contributed by atoms with E-state index in [1.54, 1.807) is 18.2 Å². The quantitative estimate of drug-likeness (QED) is 0.598. The van der Waals surface area contributed by atoms with Crippen LogP contribution in [0.1, 0.15) is 10.4 Å². The van der Waals surface area contributed by atoms with Crippen LogP contribution in [0.5, 0.6) is 0 Å². The third kappa shape index (κ3) is 3.53. The molecule has 0 aliphatic rings. The predicted molar refractivity (Wildman–Crippen MR) is 85.2 cm³/mol. The number of hydrogen-bond acceptors (Lipinski definition) is 3. The van der Waals surface area contributed by atoms with Crippen molar-refractivity contribution >= 4 is 56.4 Å². The molecule has 0 saturated carbocycles. The van der Waals surface area contributed by atoms with Crippen molar-refractivity contribution in [1.29, 1.82) is 0 Å². The SMILES string of the molecule is O=C(Nc1ccc(Cl)cc1Br)c1cccc(Cl)c1[N+](=O)[O-]. The van der Waals surface area contributed by atoms with E-state index < -0.39 is 16.5 Å². The van der Waals surface area contributed by atoms with Crippen LogP contribution < -0.4 is 5.32 Å². The first-order valence-electron chi connectivity index (χ1n) is 5.59. The van der Waals surface area contributed by atoms with Crippen LogP contribution in [0.15, 0.2) is 40.9 Å². The molecule has 0 aliphatic carbocycles. The molecule has 2 rings (SSSR count). The lowest BCUT2D eigenvalue weighted by Gasteiger charge is -2.08. The van der Waals surface area contributed by atoms with Gasteiger partial charge in [0.15, 0.2) is 0 Å². The molecule has 0 radical (unpaired) electrons. The summed E-state index contributed by atoms with van der Waals surface area (Å²) in [6.45, 7) is 0. The van der Waals surface area contributed by atoms with E-state index in [-0.39, 0.29) is 10.6 Å². The Labute approximate surface area is 138 Å². The highest BCUT2D eigenvalue weighted by atomic mass is 79.9. The fourth-order valence-corrected chi connectivity index (χ4v) is 2.69. The highest BCUT2D eigenvalue weighted by molar-refractivity contribution is 9.10. The van der Waals surface area contributed by atoms with Gasteiger partial charge in [-0.05, 0) is 46.3 Å². The Hall–Kier alpha value is -1.63. The minimum atomic E-state index is -0.686. The topological polar surface area (TPSA) is 72.2 Å². The van der Waals surface area contributed by atoms with Crippen LogP contribution in [-0.2, 0) is 0 Å². The molecule has 0 atom stereocenters. The Balaban J connectivity index is 2.37. The Morgan fingerprint density at radius 1 is 1.24 bits per heavy atom. The number of nitro benzene ring substituents is 1. The molecule has 108 valence electrons. The van der Waals surface area contributed by atoms with Crippen molar-refractivity contribution < 1.29 is 9.72 Å². The van der Waals surface area contributed by atoms with Gasteiger partial charge >= 0.3 is 5.69 Å². The van der Waals surface area contributed by atoms with Crippen LogP contribution in [0, 0.1) is 10.1 Å². The van der Waals surface area contributed by atoms with Gasteiger partial charge < -0.3 is 5.32 Å². The minimum Gasteiger partial charge on any atom is -0.321 e. The lowest BCUT2D eigenvalue weighted by atomic mass is 10.1. The van der Waals surface area contributed by atoms with E-state index in [0.29, 0.717) is 15.2 Å². The molecule has 1 amide bonds. The molecule has 5 nitrogen and oxygen atoms in total. The molecule has 0 heterocycles. The fraction of sp³-hybridized carbons (Fsp3) is 0. The average molecular weight is 390 g/mol. The maximum Gasteiger partial charge on any atom is 0.300 e. The molecule has 0 saturated heterocycles. The summed E-state index contributed by atoms with van der Waals surface area (Å²) < 4.78 is 0.563. The summed E-state index contributed by atoms with van der Waals surface area (Å²) in [5.74, 6) is -0.632. The van der Waals surface area contributed by atoms with Crippen molar-refractivity contribution in [2.45, 2.75) is 0 Å². The van der Waals surface area contributed by atoms with Gasteiger partial charge in [-0.15, -0.1) is 0 Å². The van der Waals surface area contributed by atoms with Gasteiger partial charge in [-0.1, -0.05) is 29.3 Å². The van der Waals surface area contributed by atoms with E-state index in [2.05, 4.69) is 21.2 Å². The highest BCUT2D eigenvalue weighted by Gasteiger charge is 2.23. The molecule has 1 N–H and O–H groups in total. The molecule has 2 aromatic rings. The maximum atomic E-state index is 12.2. The van der Waals surface area contributed by atoms with Gasteiger partial charge in [-0.2, -0.15) is 0 Å². The summed E-state index contributed by atoms with van der Waals surface area (Å²) in [7, 11) is 0. The van der Waals surface area contributed by atoms with Crippen LogP contribution in [0.3, 0.4) is 0 Å². The van der Waals surface area contributed by atoms with E-state index in [1.807, 2.05) is 0 Å². The van der Waals surface area contributed by atoms with Crippen LogP contribution >= 0.6 is 39.1 Å². The Bertz CT molecular complexity index is 737. The van der Waals surface area contributed by atoms with Gasteiger partial charge in [0, 0.05) is 9.50 Å². The number of benzene rings is 2. The number of halogens is 3. The summed E-state index contributed by atoms with van der Waals surface area (Å²) in [5, 5.41) is 14.0. The predicted octanol–water partition coefficient (Wildman–Crippen LogP) is 4.92. The molecular formula is C13H7BrCl2N2O3. The van der Waals surface area contributed by atoms with Crippen LogP contribution in [-0.4, -0.2) is 10.8 Å². The zero-order chi connectivity index (χ0) is 15.6. The zero-order valence-corrected chi connectivity index (χ0v) is 13.4. The van der Waals surface area contributed by atoms with Gasteiger partial charge in [0.1, 0.15) is 10.6 Å². The molecule has 8 heteroatoms. The Kier molecular flexibility index (Phi) is 4.82. The summed E-state index contributed by atoms with van der Waals surface area (Å²) in [5.41, 5.74) is -0.102. The number of carbonyl (C=O) groups excluding carboxylic acids is 1. The largest absolute Gasteiger partial charge is 0.321 e. The van der Waals surface area contributed by atoms with E-state index in [0.717, 1.165) is 0 Å². The molecule has 0 bridgehead atoms. The molecule has 0 unspecified atom stereocenters. The number of rotatable bonds is 3. The molecule has 0 fully saturated rings. The molecule has 0 aromatic heterocycles. The first kappa shape index (κ1) is 15.8. The highest BCUT2D eigenvalue weighted by Crippen LogP contribution is 2.30. The third-order valence-corrected chi connectivity index (χ3v) is 3.79. The van der Waals surface area contributed by atoms with Crippen LogP contribution in [0.25, 0.3) is 0 Å². The van der Waals surface area contributed by atoms with E-state index in [9.17, 15) is 14.9 Å². The maximum absolute atomic E-state index is 12.2. The minimum absolute atomic E-state index is 0.0946. The van der Waals surface area contributed by atoms with Gasteiger partial charge in [0.25, 0.3) is 5.91 Å². The summed E-state index contributed by atoms with van der Waals surface area (Å²) >= 11 is 14.8. The van der Waals surface area contributed by atoms with Crippen molar-refractivity contribution in [2.75, 3.05) is 5.32 Å². The van der Waals surface area contributed by atoms with Gasteiger partial charge in [-0.3, -0.25) is 14.9 Å². The van der Waals surface area contributed by atoms with Crippen molar-refractivity contribution in [3.63, 3.8) is 0 Å². The van der Waals surface area contributed by atoms with Crippen LogP contribution in [0.2, 0.25) is 10.0 Å². The standard InChI is InChI=1S/C13H7BrCl2N2O3/c14-9-6-7(15)4-5-11(9)17-13(19)8-2-1-3-10(16)12(8)18(20)21/h1-6H,(H,17,19). The second kappa shape index (κ2) is 6.43. The second-order valence-corrected chi connectivity index (χ2v) is 5.67. The number of nitrogens with zero attached hydrogens (tertiary/aromatic N) is 1. The van der Waals surface area contributed by atoms with Gasteiger partial charge in [0.05, 0.1) is 10.6 Å². The number of hydrogen-bond donors (Lipinski definition) is 1. The second-order valence-electron chi connectivity index (χ2n) is 3.97. The summed E-state index contributed by atoms with van der Waals surface area (Å²) in [4.78, 5) is 22.5. The number of anilines is 1. The first-order chi connectivity index (χ1) is 9.90. The van der Waals surface area contributed by atoms with Gasteiger partial charge in [0.2, 0.25) is 0 Å². The Morgan fingerprint density at radius 3 is 2.57 bits per heavy atom. The number of para-hydroxylation sites is 1. The Morgan fingerprint density at radius 2 is 1.95 bits per heavy atom. The number of nitro groups is 1. The lowest BCUT2D eigenvalue weighted by Crippen LogP contribution is -2.14. The molecule has 0 aliphatic heterocycles. The first-order valence-corrected chi connectivity index (χ1v) is 7.14. The molecule has 21 heavy (non-hydrogen) atoms. The van der Waals surface area contributed by atoms with Crippen molar-refractivity contribution in [2.24, 2.45) is 0 Å². The molecule has 0 spiro atoms. The fourth-order valence-electron chi connectivity index (χ4n) is 1.66. The van der Waals surface area contributed by atoms with Crippen molar-refractivity contribution in [3.05, 3.63) is 66.6 Å². The van der Waals surface area contributed by atoms with Gasteiger partial charge in [-0.25, -0.2) is 0 Å². The number of carbonyl (C=O) groups is 1.